The molecule has 2 amide bonds. The van der Waals surface area contributed by atoms with Gasteiger partial charge in [-0.15, -0.1) is 0 Å². The van der Waals surface area contributed by atoms with Crippen LogP contribution in [0.3, 0.4) is 0 Å². The van der Waals surface area contributed by atoms with Gasteiger partial charge in [0.25, 0.3) is 5.91 Å². The van der Waals surface area contributed by atoms with Crippen molar-refractivity contribution >= 4 is 23.4 Å². The predicted octanol–water partition coefficient (Wildman–Crippen LogP) is 3.54. The second kappa shape index (κ2) is 10.1. The molecule has 0 spiro atoms. The molecule has 0 saturated carbocycles. The molecule has 0 aromatic heterocycles. The first kappa shape index (κ1) is 21.8. The third-order valence-electron chi connectivity index (χ3n) is 4.67. The maximum absolute atomic E-state index is 12.8. The smallest absolute Gasteiger partial charge is 0.261 e. The summed E-state index contributed by atoms with van der Waals surface area (Å²) in [5.41, 5.74) is 2.89. The van der Waals surface area contributed by atoms with Crippen molar-refractivity contribution in [1.82, 2.24) is 10.2 Å². The molecule has 2 aromatic carbocycles. The molecule has 2 rings (SSSR count). The molecule has 1 N–H and O–H groups in total. The molecule has 0 bridgehead atoms. The number of rotatable bonds is 8. The van der Waals surface area contributed by atoms with Gasteiger partial charge in [-0.2, -0.15) is 0 Å². The monoisotopic (exact) mass is 402 g/mol. The number of benzene rings is 2. The molecule has 150 valence electrons. The number of nitrogens with one attached hydrogen (secondary N) is 1. The van der Waals surface area contributed by atoms with Gasteiger partial charge in [-0.25, -0.2) is 0 Å². The quantitative estimate of drug-likeness (QED) is 0.734. The van der Waals surface area contributed by atoms with Gasteiger partial charge in [0, 0.05) is 18.6 Å². The highest BCUT2D eigenvalue weighted by molar-refractivity contribution is 6.32. The van der Waals surface area contributed by atoms with Crippen molar-refractivity contribution < 1.29 is 14.3 Å². The maximum atomic E-state index is 12.8. The summed E-state index contributed by atoms with van der Waals surface area (Å²) in [4.78, 5) is 26.5. The maximum Gasteiger partial charge on any atom is 0.261 e. The van der Waals surface area contributed by atoms with Crippen molar-refractivity contribution in [1.29, 1.82) is 0 Å². The molecule has 0 aliphatic carbocycles. The van der Waals surface area contributed by atoms with E-state index in [4.69, 9.17) is 16.3 Å². The molecule has 0 fully saturated rings. The SMILES string of the molecule is CNC(=O)[C@@H](C)N(CCc1ccccc1)C(=O)COc1cc(C)c(Cl)c(C)c1. The fourth-order valence-electron chi connectivity index (χ4n) is 3.00. The number of hydrogen-bond acceptors (Lipinski definition) is 3. The van der Waals surface area contributed by atoms with Crippen LogP contribution in [0.15, 0.2) is 42.5 Å². The van der Waals surface area contributed by atoms with Gasteiger partial charge in [-0.05, 0) is 56.0 Å². The molecule has 0 heterocycles. The van der Waals surface area contributed by atoms with E-state index in [9.17, 15) is 9.59 Å². The first-order valence-corrected chi connectivity index (χ1v) is 9.65. The van der Waals surface area contributed by atoms with E-state index in [0.29, 0.717) is 23.7 Å². The van der Waals surface area contributed by atoms with Crippen LogP contribution < -0.4 is 10.1 Å². The Bertz CT molecular complexity index is 801. The van der Waals surface area contributed by atoms with Gasteiger partial charge in [-0.1, -0.05) is 41.9 Å². The molecule has 0 radical (unpaired) electrons. The zero-order chi connectivity index (χ0) is 20.7. The van der Waals surface area contributed by atoms with Gasteiger partial charge < -0.3 is 15.0 Å². The Morgan fingerprint density at radius 3 is 2.32 bits per heavy atom. The summed E-state index contributed by atoms with van der Waals surface area (Å²) in [6.07, 6.45) is 0.660. The van der Waals surface area contributed by atoms with E-state index in [1.807, 2.05) is 44.2 Å². The Kier molecular flexibility index (Phi) is 7.88. The lowest BCUT2D eigenvalue weighted by atomic mass is 10.1. The minimum atomic E-state index is -0.585. The van der Waals surface area contributed by atoms with E-state index < -0.39 is 6.04 Å². The molecule has 0 saturated heterocycles. The van der Waals surface area contributed by atoms with Gasteiger partial charge in [-0.3, -0.25) is 9.59 Å². The predicted molar refractivity (Wildman–Crippen MR) is 112 cm³/mol. The van der Waals surface area contributed by atoms with E-state index in [0.717, 1.165) is 16.7 Å². The number of aryl methyl sites for hydroxylation is 2. The highest BCUT2D eigenvalue weighted by Gasteiger charge is 2.25. The third kappa shape index (κ3) is 5.73. The molecule has 2 aromatic rings. The Morgan fingerprint density at radius 1 is 1.14 bits per heavy atom. The average molecular weight is 403 g/mol. The highest BCUT2D eigenvalue weighted by atomic mass is 35.5. The van der Waals surface area contributed by atoms with Gasteiger partial charge in [0.15, 0.2) is 6.61 Å². The van der Waals surface area contributed by atoms with E-state index >= 15 is 0 Å². The van der Waals surface area contributed by atoms with Crippen molar-refractivity contribution in [2.75, 3.05) is 20.2 Å². The number of carbonyl (C=O) groups is 2. The first-order valence-electron chi connectivity index (χ1n) is 9.28. The summed E-state index contributed by atoms with van der Waals surface area (Å²) in [5, 5.41) is 3.30. The molecule has 0 unspecified atom stereocenters. The summed E-state index contributed by atoms with van der Waals surface area (Å²) in [6, 6.07) is 12.9. The zero-order valence-corrected chi connectivity index (χ0v) is 17.5. The van der Waals surface area contributed by atoms with Gasteiger partial charge in [0.1, 0.15) is 11.8 Å². The summed E-state index contributed by atoms with van der Waals surface area (Å²) < 4.78 is 5.70. The Morgan fingerprint density at radius 2 is 1.75 bits per heavy atom. The van der Waals surface area contributed by atoms with E-state index in [2.05, 4.69) is 5.32 Å². The lowest BCUT2D eigenvalue weighted by Gasteiger charge is -2.28. The van der Waals surface area contributed by atoms with Crippen LogP contribution in [0.5, 0.6) is 5.75 Å². The fourth-order valence-corrected chi connectivity index (χ4v) is 3.11. The third-order valence-corrected chi connectivity index (χ3v) is 5.27. The molecule has 0 aliphatic heterocycles. The number of halogens is 1. The molecule has 5 nitrogen and oxygen atoms in total. The zero-order valence-electron chi connectivity index (χ0n) is 16.8. The van der Waals surface area contributed by atoms with E-state index in [1.54, 1.807) is 31.0 Å². The topological polar surface area (TPSA) is 58.6 Å². The van der Waals surface area contributed by atoms with Gasteiger partial charge in [0.2, 0.25) is 5.91 Å². The Balaban J connectivity index is 2.08. The molecule has 0 aliphatic rings. The van der Waals surface area contributed by atoms with E-state index in [1.165, 1.54) is 0 Å². The summed E-state index contributed by atoms with van der Waals surface area (Å²) in [5.74, 6) is 0.139. The van der Waals surface area contributed by atoms with E-state index in [-0.39, 0.29) is 18.4 Å². The minimum absolute atomic E-state index is 0.142. The van der Waals surface area contributed by atoms with Crippen molar-refractivity contribution in [3.63, 3.8) is 0 Å². The second-order valence-electron chi connectivity index (χ2n) is 6.77. The number of hydrogen-bond donors (Lipinski definition) is 1. The molecule has 6 heteroatoms. The molecular formula is C22H27ClN2O3. The van der Waals surface area contributed by atoms with Crippen LogP contribution in [0.4, 0.5) is 0 Å². The highest BCUT2D eigenvalue weighted by Crippen LogP contribution is 2.25. The minimum Gasteiger partial charge on any atom is -0.484 e. The molecule has 28 heavy (non-hydrogen) atoms. The molecule has 1 atom stereocenters. The molecular weight excluding hydrogens is 376 g/mol. The van der Waals surface area contributed by atoms with Gasteiger partial charge in [0.05, 0.1) is 0 Å². The second-order valence-corrected chi connectivity index (χ2v) is 7.15. The summed E-state index contributed by atoms with van der Waals surface area (Å²) >= 11 is 6.18. The number of amides is 2. The number of ether oxygens (including phenoxy) is 1. The lowest BCUT2D eigenvalue weighted by molar-refractivity contribution is -0.141. The van der Waals surface area contributed by atoms with Crippen molar-refractivity contribution in [2.45, 2.75) is 33.2 Å². The van der Waals surface area contributed by atoms with Crippen molar-refractivity contribution in [2.24, 2.45) is 0 Å². The van der Waals surface area contributed by atoms with Crippen LogP contribution in [0, 0.1) is 13.8 Å². The van der Waals surface area contributed by atoms with Crippen LogP contribution in [-0.4, -0.2) is 43.0 Å². The normalized spacial score (nSPS) is 11.6. The average Bonchev–Trinajstić information content (AvgIpc) is 2.70. The van der Waals surface area contributed by atoms with Crippen LogP contribution in [0.25, 0.3) is 0 Å². The lowest BCUT2D eigenvalue weighted by Crippen LogP contribution is -2.49. The van der Waals surface area contributed by atoms with Crippen LogP contribution in [0.2, 0.25) is 5.02 Å². The summed E-state index contributed by atoms with van der Waals surface area (Å²) in [6.45, 7) is 5.79. The Hall–Kier alpha value is -2.53. The standard InChI is InChI=1S/C22H27ClN2O3/c1-15-12-19(13-16(2)21(15)23)28-14-20(26)25(17(3)22(27)24-4)11-10-18-8-6-5-7-9-18/h5-9,12-13,17H,10-11,14H2,1-4H3,(H,24,27)/t17-/m1/s1. The van der Waals surface area contributed by atoms with Gasteiger partial charge >= 0.3 is 0 Å². The number of nitrogens with zero attached hydrogens (tertiary/aromatic N) is 1. The number of likely N-dealkylation sites (N-methyl/N-ethyl adjacent to an activating group) is 1. The number of carbonyl (C=O) groups excluding carboxylic acids is 2. The summed E-state index contributed by atoms with van der Waals surface area (Å²) in [7, 11) is 1.56. The van der Waals surface area contributed by atoms with Crippen LogP contribution >= 0.6 is 11.6 Å². The first-order chi connectivity index (χ1) is 13.3. The van der Waals surface area contributed by atoms with Crippen LogP contribution in [0.1, 0.15) is 23.6 Å². The van der Waals surface area contributed by atoms with Crippen molar-refractivity contribution in [3.05, 3.63) is 64.2 Å². The van der Waals surface area contributed by atoms with Crippen molar-refractivity contribution in [3.8, 4) is 5.75 Å². The van der Waals surface area contributed by atoms with Crippen LogP contribution in [-0.2, 0) is 16.0 Å². The Labute approximate surface area is 171 Å². The largest absolute Gasteiger partial charge is 0.484 e. The fraction of sp³-hybridized carbons (Fsp3) is 0.364.